The van der Waals surface area contributed by atoms with E-state index >= 15 is 0 Å². The van der Waals surface area contributed by atoms with E-state index in [2.05, 4.69) is 52.9 Å². The second-order valence-electron chi connectivity index (χ2n) is 7.95. The predicted octanol–water partition coefficient (Wildman–Crippen LogP) is 4.73. The van der Waals surface area contributed by atoms with Crippen LogP contribution in [0.4, 0.5) is 5.00 Å². The van der Waals surface area contributed by atoms with Crippen LogP contribution in [-0.4, -0.2) is 27.0 Å². The first-order valence-corrected chi connectivity index (χ1v) is 11.2. The van der Waals surface area contributed by atoms with Gasteiger partial charge in [-0.2, -0.15) is 0 Å². The van der Waals surface area contributed by atoms with Crippen LogP contribution in [0.15, 0.2) is 41.3 Å². The van der Waals surface area contributed by atoms with E-state index in [0.29, 0.717) is 6.04 Å². The molecule has 3 aromatic heterocycles. The second-order valence-corrected chi connectivity index (χ2v) is 8.90. The summed E-state index contributed by atoms with van der Waals surface area (Å²) in [6.07, 6.45) is 5.16. The molecule has 0 saturated carbocycles. The van der Waals surface area contributed by atoms with Crippen LogP contribution in [0.2, 0.25) is 0 Å². The summed E-state index contributed by atoms with van der Waals surface area (Å²) < 4.78 is 4.25. The van der Waals surface area contributed by atoms with Crippen LogP contribution in [0.5, 0.6) is 0 Å². The summed E-state index contributed by atoms with van der Waals surface area (Å²) >= 11 is 1.65. The smallest absolute Gasteiger partial charge is 0.262 e. The maximum Gasteiger partial charge on any atom is 0.262 e. The normalized spacial score (nSPS) is 15.6. The summed E-state index contributed by atoms with van der Waals surface area (Å²) in [5, 5.41) is 2.50. The number of hydrogen-bond donors (Lipinski definition) is 0. The minimum Gasteiger partial charge on any atom is -0.362 e. The molecule has 4 aromatic rings. The number of aryl methyl sites for hydroxylation is 2. The number of thiazole rings is 1. The fraction of sp³-hybridized carbons (Fsp3) is 0.391. The fourth-order valence-electron chi connectivity index (χ4n) is 4.73. The van der Waals surface area contributed by atoms with E-state index < -0.39 is 0 Å². The number of piperidine rings is 1. The van der Waals surface area contributed by atoms with Crippen molar-refractivity contribution in [1.82, 2.24) is 14.0 Å². The molecule has 4 heterocycles. The Bertz CT molecular complexity index is 1260. The molecule has 1 aliphatic heterocycles. The van der Waals surface area contributed by atoms with Crippen LogP contribution < -0.4 is 10.5 Å². The van der Waals surface area contributed by atoms with E-state index in [0.717, 1.165) is 54.3 Å². The van der Waals surface area contributed by atoms with Gasteiger partial charge < -0.3 is 9.47 Å². The number of nitrogens with zero attached hydrogens (tertiary/aromatic N) is 4. The zero-order chi connectivity index (χ0) is 20.1. The number of fused-ring (bicyclic) bond motifs is 2. The quantitative estimate of drug-likeness (QED) is 0.494. The number of aromatic nitrogens is 3. The van der Waals surface area contributed by atoms with Gasteiger partial charge in [0, 0.05) is 42.1 Å². The second kappa shape index (κ2) is 7.02. The number of benzene rings is 1. The van der Waals surface area contributed by atoms with Crippen molar-refractivity contribution in [1.29, 1.82) is 0 Å². The van der Waals surface area contributed by atoms with Gasteiger partial charge in [-0.1, -0.05) is 36.5 Å². The Morgan fingerprint density at radius 1 is 1.14 bits per heavy atom. The first-order chi connectivity index (χ1) is 14.1. The highest BCUT2D eigenvalue weighted by atomic mass is 32.1. The molecule has 0 spiro atoms. The minimum atomic E-state index is 0.101. The molecule has 0 aliphatic carbocycles. The lowest BCUT2D eigenvalue weighted by atomic mass is 10.0. The Hall–Kier alpha value is -2.60. The van der Waals surface area contributed by atoms with Crippen molar-refractivity contribution in [3.8, 4) is 0 Å². The molecule has 6 heteroatoms. The molecule has 5 rings (SSSR count). The van der Waals surface area contributed by atoms with Gasteiger partial charge in [-0.25, -0.2) is 4.98 Å². The van der Waals surface area contributed by atoms with Gasteiger partial charge in [0.25, 0.3) is 5.56 Å². The summed E-state index contributed by atoms with van der Waals surface area (Å²) in [7, 11) is 0. The Labute approximate surface area is 174 Å². The Balaban J connectivity index is 1.44. The van der Waals surface area contributed by atoms with Crippen LogP contribution in [0.3, 0.4) is 0 Å². The number of hydrogen-bond acceptors (Lipinski definition) is 4. The van der Waals surface area contributed by atoms with Crippen molar-refractivity contribution in [2.75, 3.05) is 18.0 Å². The highest BCUT2D eigenvalue weighted by Crippen LogP contribution is 2.35. The van der Waals surface area contributed by atoms with Crippen molar-refractivity contribution in [2.24, 2.45) is 0 Å². The summed E-state index contributed by atoms with van der Waals surface area (Å²) in [6.45, 7) is 8.03. The Morgan fingerprint density at radius 3 is 2.66 bits per heavy atom. The van der Waals surface area contributed by atoms with Crippen LogP contribution in [0.25, 0.3) is 15.9 Å². The summed E-state index contributed by atoms with van der Waals surface area (Å²) in [5.74, 6) is 0. The van der Waals surface area contributed by atoms with Gasteiger partial charge in [-0.05, 0) is 50.6 Å². The van der Waals surface area contributed by atoms with Gasteiger partial charge >= 0.3 is 0 Å². The molecular weight excluding hydrogens is 380 g/mol. The number of anilines is 1. The van der Waals surface area contributed by atoms with E-state index in [1.807, 2.05) is 18.2 Å². The van der Waals surface area contributed by atoms with Crippen molar-refractivity contribution < 1.29 is 0 Å². The fourth-order valence-corrected chi connectivity index (χ4v) is 5.95. The molecule has 1 aromatic carbocycles. The first-order valence-electron chi connectivity index (χ1n) is 10.4. The van der Waals surface area contributed by atoms with Gasteiger partial charge in [0.05, 0.1) is 5.69 Å². The maximum absolute atomic E-state index is 12.9. The molecule has 1 aliphatic rings. The van der Waals surface area contributed by atoms with Crippen LogP contribution in [0.1, 0.15) is 42.8 Å². The molecule has 0 unspecified atom stereocenters. The van der Waals surface area contributed by atoms with Crippen molar-refractivity contribution in [3.05, 3.63) is 63.8 Å². The molecule has 0 N–H and O–H groups in total. The van der Waals surface area contributed by atoms with E-state index in [4.69, 9.17) is 4.98 Å². The zero-order valence-corrected chi connectivity index (χ0v) is 18.0. The van der Waals surface area contributed by atoms with Crippen molar-refractivity contribution in [3.63, 3.8) is 0 Å². The topological polar surface area (TPSA) is 42.5 Å². The zero-order valence-electron chi connectivity index (χ0n) is 17.2. The molecule has 29 heavy (non-hydrogen) atoms. The lowest BCUT2D eigenvalue weighted by molar-refractivity contribution is 0.406. The van der Waals surface area contributed by atoms with Gasteiger partial charge in [0.2, 0.25) is 0 Å². The third-order valence-electron chi connectivity index (χ3n) is 6.31. The molecule has 1 fully saturated rings. The third kappa shape index (κ3) is 2.89. The van der Waals surface area contributed by atoms with Crippen molar-refractivity contribution >= 4 is 32.2 Å². The standard InChI is InChI=1S/C23H26N4OS/c1-4-19-15(2)24-23-27(21(19)28)16(3)22(29-23)25-12-10-18(11-13-25)26-14-9-17-7-5-6-8-20(17)26/h5-9,14,18H,4,10-13H2,1-3H3. The Morgan fingerprint density at radius 2 is 1.90 bits per heavy atom. The summed E-state index contributed by atoms with van der Waals surface area (Å²) in [6, 6.07) is 11.3. The SMILES string of the molecule is CCc1c(C)nc2sc(N3CCC(n4ccc5ccccc54)CC3)c(C)n2c1=O. The van der Waals surface area contributed by atoms with Crippen molar-refractivity contribution in [2.45, 2.75) is 46.1 Å². The van der Waals surface area contributed by atoms with E-state index in [1.165, 1.54) is 15.9 Å². The summed E-state index contributed by atoms with van der Waals surface area (Å²) in [5.41, 5.74) is 4.14. The molecule has 0 atom stereocenters. The molecule has 5 nitrogen and oxygen atoms in total. The first kappa shape index (κ1) is 18.4. The molecule has 150 valence electrons. The van der Waals surface area contributed by atoms with Crippen LogP contribution >= 0.6 is 11.3 Å². The highest BCUT2D eigenvalue weighted by molar-refractivity contribution is 7.21. The average molecular weight is 407 g/mol. The van der Waals surface area contributed by atoms with E-state index in [1.54, 1.807) is 11.3 Å². The van der Waals surface area contributed by atoms with E-state index in [9.17, 15) is 4.79 Å². The predicted molar refractivity (Wildman–Crippen MR) is 121 cm³/mol. The van der Waals surface area contributed by atoms with Gasteiger partial charge in [-0.3, -0.25) is 9.20 Å². The lowest BCUT2D eigenvalue weighted by Crippen LogP contribution is -2.34. The minimum absolute atomic E-state index is 0.101. The largest absolute Gasteiger partial charge is 0.362 e. The van der Waals surface area contributed by atoms with Gasteiger partial charge in [0.15, 0.2) is 4.96 Å². The maximum atomic E-state index is 12.9. The highest BCUT2D eigenvalue weighted by Gasteiger charge is 2.25. The summed E-state index contributed by atoms with van der Waals surface area (Å²) in [4.78, 5) is 20.9. The average Bonchev–Trinajstić information content (AvgIpc) is 3.30. The Kier molecular flexibility index (Phi) is 4.46. The van der Waals surface area contributed by atoms with E-state index in [-0.39, 0.29) is 5.56 Å². The van der Waals surface area contributed by atoms with Crippen LogP contribution in [-0.2, 0) is 6.42 Å². The third-order valence-corrected chi connectivity index (χ3v) is 7.52. The molecule has 0 radical (unpaired) electrons. The number of rotatable bonds is 3. The van der Waals surface area contributed by atoms with Crippen LogP contribution in [0, 0.1) is 13.8 Å². The molecule has 1 saturated heterocycles. The lowest BCUT2D eigenvalue weighted by Gasteiger charge is -2.34. The molecule has 0 amide bonds. The molecular formula is C23H26N4OS. The van der Waals surface area contributed by atoms with Gasteiger partial charge in [-0.15, -0.1) is 0 Å². The monoisotopic (exact) mass is 406 g/mol. The molecule has 0 bridgehead atoms. The van der Waals surface area contributed by atoms with Gasteiger partial charge in [0.1, 0.15) is 5.00 Å². The number of para-hydroxylation sites is 1.